The van der Waals surface area contributed by atoms with Crippen LogP contribution in [-0.2, 0) is 19.0 Å². The van der Waals surface area contributed by atoms with Crippen LogP contribution in [0.3, 0.4) is 0 Å². The molecule has 0 aromatic heterocycles. The van der Waals surface area contributed by atoms with Gasteiger partial charge in [0, 0.05) is 18.8 Å². The van der Waals surface area contributed by atoms with Crippen LogP contribution in [0, 0.1) is 11.8 Å². The monoisotopic (exact) mass is 254 g/mol. The topological polar surface area (TPSA) is 65.0 Å². The van der Waals surface area contributed by atoms with E-state index in [4.69, 9.17) is 14.2 Å². The number of esters is 1. The highest BCUT2D eigenvalue weighted by atomic mass is 16.7. The van der Waals surface area contributed by atoms with E-state index >= 15 is 0 Å². The molecule has 2 heterocycles. The predicted molar refractivity (Wildman–Crippen MR) is 61.6 cm³/mol. The van der Waals surface area contributed by atoms with Gasteiger partial charge >= 0.3 is 5.97 Å². The first-order chi connectivity index (χ1) is 8.54. The summed E-state index contributed by atoms with van der Waals surface area (Å²) in [5.74, 6) is -1.35. The number of carbonyl (C=O) groups is 1. The highest BCUT2D eigenvalue weighted by molar-refractivity contribution is 5.84. The largest absolute Gasteiger partial charge is 0.463 e. The molecule has 2 saturated heterocycles. The molecule has 2 aliphatic heterocycles. The van der Waals surface area contributed by atoms with Crippen LogP contribution in [0.2, 0.25) is 0 Å². The quantitative estimate of drug-likeness (QED) is 0.507. The minimum atomic E-state index is -1.52. The number of rotatable bonds is 0. The molecule has 1 spiro atoms. The molecule has 0 radical (unpaired) electrons. The molecule has 100 valence electrons. The maximum absolute atomic E-state index is 11.7. The zero-order valence-corrected chi connectivity index (χ0v) is 10.4. The van der Waals surface area contributed by atoms with E-state index in [9.17, 15) is 9.90 Å². The molecule has 1 N–H and O–H groups in total. The van der Waals surface area contributed by atoms with Crippen molar-refractivity contribution in [1.82, 2.24) is 0 Å². The van der Waals surface area contributed by atoms with Crippen LogP contribution in [-0.4, -0.2) is 42.3 Å². The minimum Gasteiger partial charge on any atom is -0.463 e. The van der Waals surface area contributed by atoms with Crippen molar-refractivity contribution in [1.29, 1.82) is 0 Å². The number of hydrogen-bond acceptors (Lipinski definition) is 5. The normalized spacial score (nSPS) is 42.4. The average molecular weight is 254 g/mol. The van der Waals surface area contributed by atoms with Crippen LogP contribution in [0.5, 0.6) is 0 Å². The van der Waals surface area contributed by atoms with E-state index in [0.29, 0.717) is 19.6 Å². The van der Waals surface area contributed by atoms with Crippen molar-refractivity contribution in [3.8, 4) is 0 Å². The fourth-order valence-electron chi connectivity index (χ4n) is 3.07. The van der Waals surface area contributed by atoms with E-state index < -0.39 is 17.4 Å². The number of aliphatic hydroxyl groups is 1. The van der Waals surface area contributed by atoms with Gasteiger partial charge in [-0.2, -0.15) is 0 Å². The molecule has 3 aliphatic rings. The molecule has 3 atom stereocenters. The lowest BCUT2D eigenvalue weighted by Gasteiger charge is -2.36. The Bertz CT molecular complexity index is 385. The number of fused-ring (bicyclic) bond motifs is 1. The van der Waals surface area contributed by atoms with Crippen LogP contribution < -0.4 is 0 Å². The molecule has 0 aromatic rings. The summed E-state index contributed by atoms with van der Waals surface area (Å²) < 4.78 is 16.5. The first-order valence-corrected chi connectivity index (χ1v) is 6.41. The molecule has 0 saturated carbocycles. The zero-order chi connectivity index (χ0) is 12.8. The summed E-state index contributed by atoms with van der Waals surface area (Å²) in [7, 11) is 0. The Hall–Kier alpha value is -0.910. The van der Waals surface area contributed by atoms with Crippen LogP contribution in [0.4, 0.5) is 0 Å². The van der Waals surface area contributed by atoms with Crippen LogP contribution >= 0.6 is 0 Å². The first kappa shape index (κ1) is 12.1. The third-order valence-corrected chi connectivity index (χ3v) is 4.05. The fourth-order valence-corrected chi connectivity index (χ4v) is 3.07. The molecule has 18 heavy (non-hydrogen) atoms. The van der Waals surface area contributed by atoms with Crippen molar-refractivity contribution < 1.29 is 24.1 Å². The SMILES string of the molecule is C[C@H]1C=C[C@]2(O)C(=O)OC[C@@H]2CC2(C1)OCCO2. The first-order valence-electron chi connectivity index (χ1n) is 6.41. The van der Waals surface area contributed by atoms with Gasteiger partial charge in [0.1, 0.15) is 0 Å². The van der Waals surface area contributed by atoms with Gasteiger partial charge in [-0.1, -0.05) is 13.0 Å². The smallest absolute Gasteiger partial charge is 0.342 e. The number of carbonyl (C=O) groups excluding carboxylic acids is 1. The van der Waals surface area contributed by atoms with Gasteiger partial charge in [0.05, 0.1) is 19.8 Å². The van der Waals surface area contributed by atoms with Gasteiger partial charge in [-0.25, -0.2) is 4.79 Å². The van der Waals surface area contributed by atoms with Crippen molar-refractivity contribution in [2.24, 2.45) is 11.8 Å². The van der Waals surface area contributed by atoms with Gasteiger partial charge in [-0.15, -0.1) is 0 Å². The molecule has 5 nitrogen and oxygen atoms in total. The number of hydrogen-bond donors (Lipinski definition) is 1. The van der Waals surface area contributed by atoms with Crippen molar-refractivity contribution in [3.05, 3.63) is 12.2 Å². The summed E-state index contributed by atoms with van der Waals surface area (Å²) in [5, 5.41) is 10.5. The van der Waals surface area contributed by atoms with Gasteiger partial charge in [-0.05, 0) is 12.0 Å². The van der Waals surface area contributed by atoms with Crippen LogP contribution in [0.25, 0.3) is 0 Å². The van der Waals surface area contributed by atoms with E-state index in [0.717, 1.165) is 6.42 Å². The highest BCUT2D eigenvalue weighted by Crippen LogP contribution is 2.42. The summed E-state index contributed by atoms with van der Waals surface area (Å²) in [5.41, 5.74) is -1.52. The maximum Gasteiger partial charge on any atom is 0.342 e. The predicted octanol–water partition coefficient (Wildman–Crippen LogP) is 0.620. The Labute approximate surface area is 106 Å². The van der Waals surface area contributed by atoms with Crippen LogP contribution in [0.15, 0.2) is 12.2 Å². The van der Waals surface area contributed by atoms with Gasteiger partial charge in [0.2, 0.25) is 0 Å². The zero-order valence-electron chi connectivity index (χ0n) is 10.4. The molecule has 0 bridgehead atoms. The molecule has 5 heteroatoms. The van der Waals surface area contributed by atoms with E-state index in [1.807, 2.05) is 13.0 Å². The second-order valence-corrected chi connectivity index (χ2v) is 5.47. The molecule has 0 amide bonds. The van der Waals surface area contributed by atoms with Gasteiger partial charge < -0.3 is 19.3 Å². The number of allylic oxidation sites excluding steroid dienone is 1. The summed E-state index contributed by atoms with van der Waals surface area (Å²) >= 11 is 0. The molecule has 2 fully saturated rings. The van der Waals surface area contributed by atoms with Gasteiger partial charge in [0.15, 0.2) is 11.4 Å². The number of cyclic esters (lactones) is 1. The van der Waals surface area contributed by atoms with Crippen molar-refractivity contribution in [3.63, 3.8) is 0 Å². The maximum atomic E-state index is 11.7. The van der Waals surface area contributed by atoms with Crippen LogP contribution in [0.1, 0.15) is 19.8 Å². The molecule has 3 rings (SSSR count). The molecule has 1 aliphatic carbocycles. The van der Waals surface area contributed by atoms with Crippen molar-refractivity contribution in [2.75, 3.05) is 19.8 Å². The summed E-state index contributed by atoms with van der Waals surface area (Å²) in [6, 6.07) is 0. The second-order valence-electron chi connectivity index (χ2n) is 5.47. The lowest BCUT2D eigenvalue weighted by Crippen LogP contribution is -2.46. The third kappa shape index (κ3) is 1.77. The lowest BCUT2D eigenvalue weighted by atomic mass is 9.79. The second kappa shape index (κ2) is 4.05. The van der Waals surface area contributed by atoms with Gasteiger partial charge in [-0.3, -0.25) is 0 Å². The molecular formula is C13H18O5. The van der Waals surface area contributed by atoms with Gasteiger partial charge in [0.25, 0.3) is 0 Å². The Morgan fingerprint density at radius 2 is 2.06 bits per heavy atom. The lowest BCUT2D eigenvalue weighted by molar-refractivity contribution is -0.188. The van der Waals surface area contributed by atoms with Crippen molar-refractivity contribution in [2.45, 2.75) is 31.2 Å². The summed E-state index contributed by atoms with van der Waals surface area (Å²) in [6.07, 6.45) is 4.67. The molecule has 0 unspecified atom stereocenters. The summed E-state index contributed by atoms with van der Waals surface area (Å²) in [4.78, 5) is 11.7. The summed E-state index contributed by atoms with van der Waals surface area (Å²) in [6.45, 7) is 3.38. The fraction of sp³-hybridized carbons (Fsp3) is 0.769. The number of ether oxygens (including phenoxy) is 3. The third-order valence-electron chi connectivity index (χ3n) is 4.05. The van der Waals surface area contributed by atoms with E-state index in [-0.39, 0.29) is 18.4 Å². The minimum absolute atomic E-state index is 0.182. The van der Waals surface area contributed by atoms with E-state index in [1.54, 1.807) is 6.08 Å². The Kier molecular flexibility index (Phi) is 2.73. The molecular weight excluding hydrogens is 236 g/mol. The Morgan fingerprint density at radius 3 is 2.78 bits per heavy atom. The highest BCUT2D eigenvalue weighted by Gasteiger charge is 2.54. The van der Waals surface area contributed by atoms with Crippen molar-refractivity contribution >= 4 is 5.97 Å². The average Bonchev–Trinajstić information content (AvgIpc) is 2.87. The molecule has 0 aromatic carbocycles. The van der Waals surface area contributed by atoms with E-state index in [2.05, 4.69) is 0 Å². The Balaban J connectivity index is 1.94. The van der Waals surface area contributed by atoms with E-state index in [1.165, 1.54) is 0 Å². The Morgan fingerprint density at radius 1 is 1.33 bits per heavy atom. The standard InChI is InChI=1S/C13H18O5/c1-9-2-3-13(15)10(8-16-11(13)14)7-12(6-9)17-4-5-18-12/h2-3,9-10,15H,4-8H2,1H3/t9-,10-,13+/m0/s1.